The largest absolute Gasteiger partial charge is 0.468 e. The number of rotatable bonds is 2. The van der Waals surface area contributed by atoms with Gasteiger partial charge < -0.3 is 9.53 Å². The number of hydrogen-bond acceptors (Lipinski definition) is 3. The lowest BCUT2D eigenvalue weighted by atomic mass is 10.2. The normalized spacial score (nSPS) is 14.8. The maximum absolute atomic E-state index is 9.49. The zero-order valence-electron chi connectivity index (χ0n) is 13.1. The molecule has 0 bridgehead atoms. The van der Waals surface area contributed by atoms with Crippen molar-refractivity contribution in [1.29, 1.82) is 0 Å². The molecule has 0 spiro atoms. The number of carbonyl (C=O) groups is 1. The Morgan fingerprint density at radius 3 is 1.44 bits per heavy atom. The second-order valence-corrected chi connectivity index (χ2v) is 10.7. The average molecular weight is 276 g/mol. The van der Waals surface area contributed by atoms with Crippen molar-refractivity contribution in [3.8, 4) is 0 Å². The van der Waals surface area contributed by atoms with E-state index in [9.17, 15) is 9.59 Å². The molecule has 110 valence electrons. The predicted octanol–water partition coefficient (Wildman–Crippen LogP) is 4.11. The van der Waals surface area contributed by atoms with E-state index in [-0.39, 0.29) is 5.04 Å². The summed E-state index contributed by atoms with van der Waals surface area (Å²) in [6, 6.07) is 0. The van der Waals surface area contributed by atoms with Crippen LogP contribution in [-0.2, 0) is 9.53 Å². The minimum atomic E-state index is -1.86. The van der Waals surface area contributed by atoms with E-state index in [0.29, 0.717) is 13.1 Å². The van der Waals surface area contributed by atoms with Gasteiger partial charge in [-0.3, -0.25) is 4.79 Å². The first-order chi connectivity index (χ1) is 8.16. The SMILES string of the molecule is C1CCCC1.CC(C)(C)[Si](C)(C)O.CCOC=O. The third-order valence-corrected chi connectivity index (χ3v) is 6.99. The second kappa shape index (κ2) is 10.6. The fourth-order valence-electron chi connectivity index (χ4n) is 0.952. The molecule has 0 saturated heterocycles. The van der Waals surface area contributed by atoms with Crippen LogP contribution >= 0.6 is 0 Å². The molecule has 1 aliphatic carbocycles. The quantitative estimate of drug-likeness (QED) is 0.610. The molecule has 0 atom stereocenters. The highest BCUT2D eigenvalue weighted by Crippen LogP contribution is 2.33. The Balaban J connectivity index is 0. The van der Waals surface area contributed by atoms with Gasteiger partial charge in [0.15, 0.2) is 8.32 Å². The van der Waals surface area contributed by atoms with Gasteiger partial charge in [0.25, 0.3) is 6.47 Å². The molecule has 3 nitrogen and oxygen atoms in total. The van der Waals surface area contributed by atoms with Crippen molar-refractivity contribution in [3.05, 3.63) is 0 Å². The van der Waals surface area contributed by atoms with Crippen molar-refractivity contribution >= 4 is 14.8 Å². The van der Waals surface area contributed by atoms with Crippen LogP contribution in [0, 0.1) is 0 Å². The summed E-state index contributed by atoms with van der Waals surface area (Å²) in [4.78, 5) is 18.7. The smallest absolute Gasteiger partial charge is 0.293 e. The van der Waals surface area contributed by atoms with E-state index < -0.39 is 8.32 Å². The van der Waals surface area contributed by atoms with Crippen molar-refractivity contribution in [3.63, 3.8) is 0 Å². The minimum absolute atomic E-state index is 0.132. The third kappa shape index (κ3) is 13.7. The van der Waals surface area contributed by atoms with Crippen LogP contribution in [0.5, 0.6) is 0 Å². The second-order valence-electron chi connectivity index (χ2n) is 6.13. The van der Waals surface area contributed by atoms with E-state index in [1.807, 2.05) is 13.1 Å². The van der Waals surface area contributed by atoms with E-state index in [2.05, 4.69) is 25.5 Å². The molecular weight excluding hydrogens is 244 g/mol. The molecule has 4 heteroatoms. The maximum atomic E-state index is 9.49. The molecule has 1 fully saturated rings. The Morgan fingerprint density at radius 2 is 1.39 bits per heavy atom. The van der Waals surface area contributed by atoms with Crippen molar-refractivity contribution in [2.24, 2.45) is 0 Å². The van der Waals surface area contributed by atoms with Crippen molar-refractivity contribution < 1.29 is 14.3 Å². The van der Waals surface area contributed by atoms with Crippen LogP contribution in [0.2, 0.25) is 18.1 Å². The van der Waals surface area contributed by atoms with Gasteiger partial charge in [-0.15, -0.1) is 0 Å². The summed E-state index contributed by atoms with van der Waals surface area (Å²) in [6.07, 6.45) is 7.50. The highest BCUT2D eigenvalue weighted by atomic mass is 28.4. The lowest BCUT2D eigenvalue weighted by Gasteiger charge is -2.30. The molecular formula is C14H32O3Si. The molecule has 1 N–H and O–H groups in total. The zero-order chi connectivity index (χ0) is 14.7. The summed E-state index contributed by atoms with van der Waals surface area (Å²) in [6.45, 7) is 12.8. The van der Waals surface area contributed by atoms with Crippen LogP contribution in [-0.4, -0.2) is 26.2 Å². The summed E-state index contributed by atoms with van der Waals surface area (Å²) < 4.78 is 4.15. The van der Waals surface area contributed by atoms with Crippen molar-refractivity contribution in [1.82, 2.24) is 0 Å². The molecule has 0 aliphatic heterocycles. The Kier molecular flexibility index (Phi) is 11.7. The summed E-state index contributed by atoms with van der Waals surface area (Å²) in [7, 11) is -1.86. The minimum Gasteiger partial charge on any atom is -0.468 e. The Bertz CT molecular complexity index is 169. The molecule has 0 unspecified atom stereocenters. The Hall–Kier alpha value is -0.353. The molecule has 0 aromatic heterocycles. The number of hydrogen-bond donors (Lipinski definition) is 1. The van der Waals surface area contributed by atoms with E-state index in [1.165, 1.54) is 32.1 Å². The van der Waals surface area contributed by atoms with E-state index in [1.54, 1.807) is 6.92 Å². The van der Waals surface area contributed by atoms with E-state index >= 15 is 0 Å². The fourth-order valence-corrected chi connectivity index (χ4v) is 0.952. The molecule has 0 heterocycles. The van der Waals surface area contributed by atoms with Gasteiger partial charge in [-0.2, -0.15) is 0 Å². The number of ether oxygens (including phenoxy) is 1. The summed E-state index contributed by atoms with van der Waals surface area (Å²) in [5.41, 5.74) is 0. The summed E-state index contributed by atoms with van der Waals surface area (Å²) in [5, 5.41) is 0.132. The van der Waals surface area contributed by atoms with Crippen LogP contribution in [0.1, 0.15) is 59.8 Å². The van der Waals surface area contributed by atoms with Crippen LogP contribution in [0.25, 0.3) is 0 Å². The summed E-state index contributed by atoms with van der Waals surface area (Å²) >= 11 is 0. The standard InChI is InChI=1S/C6H16OSi.C5H10.C3H6O2/c1-6(2,3)8(4,5)7;1-2-4-5-3-1;1-2-5-3-4/h7H,1-5H3;1-5H2;3H,2H2,1H3. The average Bonchev–Trinajstić information content (AvgIpc) is 2.74. The van der Waals surface area contributed by atoms with Gasteiger partial charge in [0, 0.05) is 0 Å². The predicted molar refractivity (Wildman–Crippen MR) is 80.2 cm³/mol. The highest BCUT2D eigenvalue weighted by molar-refractivity contribution is 6.72. The van der Waals surface area contributed by atoms with E-state index in [0.717, 1.165) is 0 Å². The zero-order valence-corrected chi connectivity index (χ0v) is 14.1. The Morgan fingerprint density at radius 1 is 1.11 bits per heavy atom. The van der Waals surface area contributed by atoms with Crippen LogP contribution in [0.15, 0.2) is 0 Å². The van der Waals surface area contributed by atoms with E-state index in [4.69, 9.17) is 0 Å². The molecule has 0 aromatic rings. The van der Waals surface area contributed by atoms with Gasteiger partial charge in [-0.05, 0) is 25.1 Å². The number of carbonyl (C=O) groups excluding carboxylic acids is 1. The first-order valence-electron chi connectivity index (χ1n) is 6.94. The topological polar surface area (TPSA) is 46.5 Å². The molecule has 1 saturated carbocycles. The molecule has 0 amide bonds. The van der Waals surface area contributed by atoms with Crippen LogP contribution in [0.4, 0.5) is 0 Å². The molecule has 0 aromatic carbocycles. The first kappa shape index (κ1) is 20.0. The van der Waals surface area contributed by atoms with Gasteiger partial charge in [0.2, 0.25) is 0 Å². The van der Waals surface area contributed by atoms with Gasteiger partial charge >= 0.3 is 0 Å². The highest BCUT2D eigenvalue weighted by Gasteiger charge is 2.32. The molecule has 1 rings (SSSR count). The third-order valence-electron chi connectivity index (χ3n) is 3.32. The van der Waals surface area contributed by atoms with Crippen molar-refractivity contribution in [2.75, 3.05) is 6.61 Å². The monoisotopic (exact) mass is 276 g/mol. The van der Waals surface area contributed by atoms with Crippen LogP contribution < -0.4 is 0 Å². The van der Waals surface area contributed by atoms with Crippen LogP contribution in [0.3, 0.4) is 0 Å². The molecule has 0 radical (unpaired) electrons. The molecule has 18 heavy (non-hydrogen) atoms. The molecule has 1 aliphatic rings. The van der Waals surface area contributed by atoms with Gasteiger partial charge in [0.1, 0.15) is 0 Å². The van der Waals surface area contributed by atoms with Gasteiger partial charge in [-0.1, -0.05) is 52.9 Å². The Labute approximate surface area is 114 Å². The van der Waals surface area contributed by atoms with Gasteiger partial charge in [-0.25, -0.2) is 0 Å². The first-order valence-corrected chi connectivity index (χ1v) is 9.89. The maximum Gasteiger partial charge on any atom is 0.293 e. The fraction of sp³-hybridized carbons (Fsp3) is 0.929. The lowest BCUT2D eigenvalue weighted by Crippen LogP contribution is -2.36. The van der Waals surface area contributed by atoms with Crippen molar-refractivity contribution in [2.45, 2.75) is 77.9 Å². The summed E-state index contributed by atoms with van der Waals surface area (Å²) in [5.74, 6) is 0. The van der Waals surface area contributed by atoms with Gasteiger partial charge in [0.05, 0.1) is 6.61 Å². The lowest BCUT2D eigenvalue weighted by molar-refractivity contribution is -0.128.